The molecule has 6 heteroatoms. The highest BCUT2D eigenvalue weighted by atomic mass is 32.1. The molecule has 0 bridgehead atoms. The Balaban J connectivity index is 2.04. The van der Waals surface area contributed by atoms with E-state index in [1.165, 1.54) is 5.56 Å². The topological polar surface area (TPSA) is 64.8 Å². The highest BCUT2D eigenvalue weighted by Crippen LogP contribution is 2.27. The molecule has 1 aromatic heterocycles. The standard InChI is InChI=1S/C19H26N2O3S/c1-23-17-6-5-15(12-18(17)24-2)7-10-21(19(22)4-3-9-20)13-16-8-11-25-14-16/h5-6,8,11-12,14H,3-4,7,9-10,13,20H2,1-2H3. The number of benzene rings is 1. The van der Waals surface area contributed by atoms with Crippen LogP contribution in [0.4, 0.5) is 0 Å². The summed E-state index contributed by atoms with van der Waals surface area (Å²) in [5.41, 5.74) is 7.82. The number of hydrogen-bond acceptors (Lipinski definition) is 5. The van der Waals surface area contributed by atoms with E-state index in [9.17, 15) is 4.79 Å². The van der Waals surface area contributed by atoms with E-state index in [1.54, 1.807) is 25.6 Å². The fraction of sp³-hybridized carbons (Fsp3) is 0.421. The van der Waals surface area contributed by atoms with Crippen molar-refractivity contribution in [3.05, 3.63) is 46.2 Å². The van der Waals surface area contributed by atoms with Crippen molar-refractivity contribution in [2.24, 2.45) is 5.73 Å². The third-order valence-corrected chi connectivity index (χ3v) is 4.75. The number of amides is 1. The van der Waals surface area contributed by atoms with Crippen LogP contribution in [0, 0.1) is 0 Å². The lowest BCUT2D eigenvalue weighted by atomic mass is 10.1. The lowest BCUT2D eigenvalue weighted by Crippen LogP contribution is -2.32. The summed E-state index contributed by atoms with van der Waals surface area (Å²) < 4.78 is 10.6. The smallest absolute Gasteiger partial charge is 0.222 e. The molecule has 2 N–H and O–H groups in total. The zero-order chi connectivity index (χ0) is 18.1. The van der Waals surface area contributed by atoms with Crippen molar-refractivity contribution in [3.8, 4) is 11.5 Å². The maximum atomic E-state index is 12.5. The van der Waals surface area contributed by atoms with E-state index in [-0.39, 0.29) is 5.91 Å². The third kappa shape index (κ3) is 5.76. The molecule has 1 amide bonds. The number of ether oxygens (including phenoxy) is 2. The van der Waals surface area contributed by atoms with E-state index in [0.717, 1.165) is 18.4 Å². The van der Waals surface area contributed by atoms with Crippen LogP contribution in [0.2, 0.25) is 0 Å². The summed E-state index contributed by atoms with van der Waals surface area (Å²) in [6, 6.07) is 7.93. The van der Waals surface area contributed by atoms with Crippen LogP contribution in [-0.2, 0) is 17.8 Å². The predicted molar refractivity (Wildman–Crippen MR) is 101 cm³/mol. The molecule has 2 rings (SSSR count). The van der Waals surface area contributed by atoms with Gasteiger partial charge in [-0.1, -0.05) is 6.07 Å². The summed E-state index contributed by atoms with van der Waals surface area (Å²) in [7, 11) is 3.25. The van der Waals surface area contributed by atoms with Gasteiger partial charge in [-0.15, -0.1) is 0 Å². The van der Waals surface area contributed by atoms with Crippen molar-refractivity contribution in [2.75, 3.05) is 27.3 Å². The molecule has 0 fully saturated rings. The van der Waals surface area contributed by atoms with Crippen LogP contribution in [0.15, 0.2) is 35.0 Å². The number of thiophene rings is 1. The van der Waals surface area contributed by atoms with Gasteiger partial charge in [0.15, 0.2) is 11.5 Å². The van der Waals surface area contributed by atoms with Gasteiger partial charge in [-0.05, 0) is 59.5 Å². The first-order chi connectivity index (χ1) is 12.2. The van der Waals surface area contributed by atoms with Crippen molar-refractivity contribution >= 4 is 17.2 Å². The van der Waals surface area contributed by atoms with Gasteiger partial charge >= 0.3 is 0 Å². The predicted octanol–water partition coefficient (Wildman–Crippen LogP) is 3.08. The fourth-order valence-electron chi connectivity index (χ4n) is 2.61. The van der Waals surface area contributed by atoms with Crippen LogP contribution < -0.4 is 15.2 Å². The second-order valence-electron chi connectivity index (χ2n) is 5.78. The molecule has 0 saturated carbocycles. The zero-order valence-corrected chi connectivity index (χ0v) is 15.7. The second kappa shape index (κ2) is 10.1. The number of carbonyl (C=O) groups excluding carboxylic acids is 1. The summed E-state index contributed by atoms with van der Waals surface area (Å²) in [4.78, 5) is 14.4. The monoisotopic (exact) mass is 362 g/mol. The molecule has 136 valence electrons. The van der Waals surface area contributed by atoms with E-state index in [0.29, 0.717) is 37.6 Å². The summed E-state index contributed by atoms with van der Waals surface area (Å²) in [6.07, 6.45) is 1.97. The van der Waals surface area contributed by atoms with Crippen molar-refractivity contribution in [1.29, 1.82) is 0 Å². The highest BCUT2D eigenvalue weighted by Gasteiger charge is 2.14. The van der Waals surface area contributed by atoms with Crippen LogP contribution in [0.1, 0.15) is 24.0 Å². The summed E-state index contributed by atoms with van der Waals surface area (Å²) in [6.45, 7) is 1.84. The number of rotatable bonds is 10. The zero-order valence-electron chi connectivity index (χ0n) is 14.9. The van der Waals surface area contributed by atoms with Gasteiger partial charge < -0.3 is 20.1 Å². The first-order valence-electron chi connectivity index (χ1n) is 8.37. The van der Waals surface area contributed by atoms with E-state index in [1.807, 2.05) is 28.5 Å². The lowest BCUT2D eigenvalue weighted by molar-refractivity contribution is -0.131. The first kappa shape index (κ1) is 19.3. The van der Waals surface area contributed by atoms with Crippen LogP contribution >= 0.6 is 11.3 Å². The average molecular weight is 362 g/mol. The Labute approximate surface area is 153 Å². The minimum atomic E-state index is 0.150. The van der Waals surface area contributed by atoms with Crippen molar-refractivity contribution in [2.45, 2.75) is 25.8 Å². The SMILES string of the molecule is COc1ccc(CCN(Cc2ccsc2)C(=O)CCCN)cc1OC. The summed E-state index contributed by atoms with van der Waals surface area (Å²) >= 11 is 1.65. The van der Waals surface area contributed by atoms with Crippen LogP contribution in [0.3, 0.4) is 0 Å². The normalized spacial score (nSPS) is 10.5. The van der Waals surface area contributed by atoms with E-state index in [2.05, 4.69) is 11.4 Å². The number of methoxy groups -OCH3 is 2. The molecule has 0 aliphatic rings. The molecule has 1 heterocycles. The Bertz CT molecular complexity index is 659. The number of carbonyl (C=O) groups is 1. The number of nitrogens with two attached hydrogens (primary N) is 1. The van der Waals surface area contributed by atoms with Gasteiger partial charge in [0.25, 0.3) is 0 Å². The lowest BCUT2D eigenvalue weighted by Gasteiger charge is -2.23. The minimum Gasteiger partial charge on any atom is -0.493 e. The molecule has 5 nitrogen and oxygen atoms in total. The van der Waals surface area contributed by atoms with Gasteiger partial charge in [0, 0.05) is 19.5 Å². The maximum Gasteiger partial charge on any atom is 0.222 e. The van der Waals surface area contributed by atoms with Gasteiger partial charge in [0.05, 0.1) is 14.2 Å². The molecule has 1 aromatic carbocycles. The minimum absolute atomic E-state index is 0.150. The van der Waals surface area contributed by atoms with Crippen molar-refractivity contribution < 1.29 is 14.3 Å². The van der Waals surface area contributed by atoms with Crippen LogP contribution in [-0.4, -0.2) is 38.1 Å². The quantitative estimate of drug-likeness (QED) is 0.705. The summed E-state index contributed by atoms with van der Waals surface area (Å²) in [5, 5.41) is 4.12. The number of hydrogen-bond donors (Lipinski definition) is 1. The fourth-order valence-corrected chi connectivity index (χ4v) is 3.27. The molecule has 0 unspecified atom stereocenters. The molecular formula is C19H26N2O3S. The van der Waals surface area contributed by atoms with Gasteiger partial charge in [-0.3, -0.25) is 4.79 Å². The maximum absolute atomic E-state index is 12.5. The van der Waals surface area contributed by atoms with Crippen LogP contribution in [0.5, 0.6) is 11.5 Å². The second-order valence-corrected chi connectivity index (χ2v) is 6.56. The first-order valence-corrected chi connectivity index (χ1v) is 9.32. The van der Waals surface area contributed by atoms with Gasteiger partial charge in [-0.2, -0.15) is 11.3 Å². The van der Waals surface area contributed by atoms with E-state index >= 15 is 0 Å². The van der Waals surface area contributed by atoms with Crippen molar-refractivity contribution in [3.63, 3.8) is 0 Å². The van der Waals surface area contributed by atoms with E-state index in [4.69, 9.17) is 15.2 Å². The molecular weight excluding hydrogens is 336 g/mol. The van der Waals surface area contributed by atoms with Crippen LogP contribution in [0.25, 0.3) is 0 Å². The Morgan fingerprint density at radius 1 is 1.16 bits per heavy atom. The Hall–Kier alpha value is -2.05. The molecule has 25 heavy (non-hydrogen) atoms. The Morgan fingerprint density at radius 3 is 2.60 bits per heavy atom. The Morgan fingerprint density at radius 2 is 1.96 bits per heavy atom. The molecule has 0 aliphatic carbocycles. The van der Waals surface area contributed by atoms with Crippen molar-refractivity contribution in [1.82, 2.24) is 4.90 Å². The summed E-state index contributed by atoms with van der Waals surface area (Å²) in [5.74, 6) is 1.57. The molecule has 2 aromatic rings. The number of nitrogens with zero attached hydrogens (tertiary/aromatic N) is 1. The van der Waals surface area contributed by atoms with E-state index < -0.39 is 0 Å². The molecule has 0 atom stereocenters. The molecule has 0 radical (unpaired) electrons. The largest absolute Gasteiger partial charge is 0.493 e. The average Bonchev–Trinajstić information content (AvgIpc) is 3.15. The Kier molecular flexibility index (Phi) is 7.76. The van der Waals surface area contributed by atoms with Gasteiger partial charge in [0.1, 0.15) is 0 Å². The molecule has 0 saturated heterocycles. The van der Waals surface area contributed by atoms with Gasteiger partial charge in [-0.25, -0.2) is 0 Å². The molecule has 0 aliphatic heterocycles. The molecule has 0 spiro atoms. The third-order valence-electron chi connectivity index (χ3n) is 4.02. The van der Waals surface area contributed by atoms with Gasteiger partial charge in [0.2, 0.25) is 5.91 Å². The highest BCUT2D eigenvalue weighted by molar-refractivity contribution is 7.07.